The van der Waals surface area contributed by atoms with Gasteiger partial charge in [0, 0.05) is 0 Å². The summed E-state index contributed by atoms with van der Waals surface area (Å²) >= 11 is 0. The number of nitrogens with zero attached hydrogens (tertiary/aromatic N) is 2. The fourth-order valence-corrected chi connectivity index (χ4v) is 0.777. The number of phosphoric acid groups is 1. The first-order chi connectivity index (χ1) is 6.88. The van der Waals surface area contributed by atoms with Gasteiger partial charge in [0.2, 0.25) is 0 Å². The van der Waals surface area contributed by atoms with Crippen molar-refractivity contribution in [2.75, 3.05) is 0 Å². The van der Waals surface area contributed by atoms with Crippen LogP contribution in [-0.2, 0) is 4.57 Å². The Balaban J connectivity index is 0.000000195. The van der Waals surface area contributed by atoms with Gasteiger partial charge in [-0.05, 0) is 0 Å². The summed E-state index contributed by atoms with van der Waals surface area (Å²) in [5.41, 5.74) is 0.350. The normalized spacial score (nSPS) is 10.9. The van der Waals surface area contributed by atoms with Gasteiger partial charge in [0.1, 0.15) is 5.39 Å². The molecular formula is C5H7N4O5P. The third-order valence-corrected chi connectivity index (χ3v) is 1.25. The van der Waals surface area contributed by atoms with Crippen molar-refractivity contribution in [3.05, 3.63) is 22.9 Å². The van der Waals surface area contributed by atoms with Crippen molar-refractivity contribution in [3.8, 4) is 0 Å². The highest BCUT2D eigenvalue weighted by atomic mass is 31.2. The lowest BCUT2D eigenvalue weighted by Gasteiger charge is -1.82. The monoisotopic (exact) mass is 234 g/mol. The van der Waals surface area contributed by atoms with Crippen molar-refractivity contribution in [2.45, 2.75) is 0 Å². The molecule has 0 saturated heterocycles. The lowest BCUT2D eigenvalue weighted by molar-refractivity contribution is 0.275. The maximum absolute atomic E-state index is 10.9. The van der Waals surface area contributed by atoms with Gasteiger partial charge in [0.05, 0.1) is 12.5 Å². The summed E-state index contributed by atoms with van der Waals surface area (Å²) in [5.74, 6) is 0. The molecule has 0 aromatic carbocycles. The second-order valence-corrected chi connectivity index (χ2v) is 3.40. The van der Waals surface area contributed by atoms with Gasteiger partial charge in [-0.15, -0.1) is 0 Å². The predicted molar refractivity (Wildman–Crippen MR) is 48.8 cm³/mol. The molecule has 2 rings (SSSR count). The van der Waals surface area contributed by atoms with Gasteiger partial charge in [0.15, 0.2) is 5.65 Å². The molecule has 5 N–H and O–H groups in total. The number of H-pyrrole nitrogens is 2. The van der Waals surface area contributed by atoms with Crippen molar-refractivity contribution >= 4 is 18.9 Å². The summed E-state index contributed by atoms with van der Waals surface area (Å²) in [7, 11) is -4.64. The van der Waals surface area contributed by atoms with Gasteiger partial charge >= 0.3 is 7.82 Å². The first-order valence-corrected chi connectivity index (χ1v) is 5.09. The highest BCUT2D eigenvalue weighted by molar-refractivity contribution is 7.45. The van der Waals surface area contributed by atoms with E-state index in [1.54, 1.807) is 0 Å². The highest BCUT2D eigenvalue weighted by Gasteiger charge is 2.00. The van der Waals surface area contributed by atoms with E-state index >= 15 is 0 Å². The Hall–Kier alpha value is -1.54. The fraction of sp³-hybridized carbons (Fsp3) is 0. The molecular weight excluding hydrogens is 227 g/mol. The van der Waals surface area contributed by atoms with E-state index in [0.29, 0.717) is 11.0 Å². The summed E-state index contributed by atoms with van der Waals surface area (Å²) < 4.78 is 8.88. The zero-order valence-corrected chi connectivity index (χ0v) is 8.05. The molecule has 0 aliphatic rings. The van der Waals surface area contributed by atoms with Gasteiger partial charge in [-0.2, -0.15) is 5.10 Å². The van der Waals surface area contributed by atoms with Crippen LogP contribution in [0.4, 0.5) is 0 Å². The number of fused-ring (bicyclic) bond motifs is 1. The summed E-state index contributed by atoms with van der Waals surface area (Å²) in [5, 5.41) is 6.72. The average molecular weight is 234 g/mol. The highest BCUT2D eigenvalue weighted by Crippen LogP contribution is 2.25. The largest absolute Gasteiger partial charge is 0.466 e. The van der Waals surface area contributed by atoms with Crippen LogP contribution in [0.2, 0.25) is 0 Å². The molecule has 0 bridgehead atoms. The van der Waals surface area contributed by atoms with Crippen LogP contribution < -0.4 is 5.56 Å². The molecule has 82 valence electrons. The molecule has 0 saturated carbocycles. The van der Waals surface area contributed by atoms with E-state index in [4.69, 9.17) is 19.2 Å². The molecule has 0 unspecified atom stereocenters. The molecule has 15 heavy (non-hydrogen) atoms. The van der Waals surface area contributed by atoms with Crippen LogP contribution >= 0.6 is 7.82 Å². The van der Waals surface area contributed by atoms with E-state index in [2.05, 4.69) is 20.2 Å². The molecule has 0 fully saturated rings. The number of hydrogen-bond donors (Lipinski definition) is 5. The van der Waals surface area contributed by atoms with Gasteiger partial charge in [0.25, 0.3) is 5.56 Å². The quantitative estimate of drug-likeness (QED) is 0.356. The van der Waals surface area contributed by atoms with Crippen molar-refractivity contribution in [3.63, 3.8) is 0 Å². The SMILES string of the molecule is O=P(O)(O)O.O=c1[nH]cnc2[nH]ncc12. The van der Waals surface area contributed by atoms with Crippen LogP contribution in [-0.4, -0.2) is 34.8 Å². The summed E-state index contributed by atoms with van der Waals surface area (Å²) in [6.45, 7) is 0. The Bertz CT molecular complexity index is 533. The van der Waals surface area contributed by atoms with E-state index in [1.165, 1.54) is 12.5 Å². The Kier molecular flexibility index (Phi) is 3.32. The minimum Gasteiger partial charge on any atom is -0.312 e. The van der Waals surface area contributed by atoms with Crippen LogP contribution in [0, 0.1) is 0 Å². The minimum absolute atomic E-state index is 0.168. The van der Waals surface area contributed by atoms with E-state index in [9.17, 15) is 4.79 Å². The maximum Gasteiger partial charge on any atom is 0.466 e. The average Bonchev–Trinajstić information content (AvgIpc) is 2.49. The Labute approximate surface area is 82.0 Å². The number of aromatic nitrogens is 4. The van der Waals surface area contributed by atoms with Gasteiger partial charge < -0.3 is 19.7 Å². The predicted octanol–water partition coefficient (Wildman–Crippen LogP) is -1.28. The molecule has 0 aliphatic carbocycles. The van der Waals surface area contributed by atoms with E-state index in [-0.39, 0.29) is 5.56 Å². The molecule has 0 aliphatic heterocycles. The van der Waals surface area contributed by atoms with Crippen LogP contribution in [0.25, 0.3) is 11.0 Å². The molecule has 0 atom stereocenters. The molecule has 0 radical (unpaired) electrons. The topological polar surface area (TPSA) is 152 Å². The van der Waals surface area contributed by atoms with Crippen LogP contribution in [0.15, 0.2) is 17.3 Å². The third kappa shape index (κ3) is 4.00. The molecule has 10 heteroatoms. The van der Waals surface area contributed by atoms with Crippen LogP contribution in [0.1, 0.15) is 0 Å². The molecule has 0 spiro atoms. The Morgan fingerprint density at radius 2 is 1.93 bits per heavy atom. The zero-order chi connectivity index (χ0) is 11.5. The van der Waals surface area contributed by atoms with E-state index in [1.807, 2.05) is 0 Å². The molecule has 9 nitrogen and oxygen atoms in total. The van der Waals surface area contributed by atoms with Crippen LogP contribution in [0.5, 0.6) is 0 Å². The van der Waals surface area contributed by atoms with Gasteiger partial charge in [-0.1, -0.05) is 0 Å². The molecule has 2 heterocycles. The maximum atomic E-state index is 10.9. The van der Waals surface area contributed by atoms with Crippen molar-refractivity contribution in [1.29, 1.82) is 0 Å². The molecule has 0 amide bonds. The lowest BCUT2D eigenvalue weighted by atomic mass is 10.4. The third-order valence-electron chi connectivity index (χ3n) is 1.25. The lowest BCUT2D eigenvalue weighted by Crippen LogP contribution is -2.04. The summed E-state index contributed by atoms with van der Waals surface area (Å²) in [6.07, 6.45) is 2.78. The Morgan fingerprint density at radius 3 is 2.47 bits per heavy atom. The first kappa shape index (κ1) is 11.5. The smallest absolute Gasteiger partial charge is 0.312 e. The minimum atomic E-state index is -4.64. The van der Waals surface area contributed by atoms with Crippen LogP contribution in [0.3, 0.4) is 0 Å². The number of hydrogen-bond acceptors (Lipinski definition) is 4. The van der Waals surface area contributed by atoms with Crippen molar-refractivity contribution < 1.29 is 19.2 Å². The van der Waals surface area contributed by atoms with Gasteiger partial charge in [-0.25, -0.2) is 9.55 Å². The Morgan fingerprint density at radius 1 is 1.33 bits per heavy atom. The standard InChI is InChI=1S/C5H4N4O.H3O4P/c10-5-3-1-8-9-4(3)6-2-7-5;1-5(2,3)4/h1-2H,(H2,6,7,8,9,10);(H3,1,2,3,4). The van der Waals surface area contributed by atoms with E-state index < -0.39 is 7.82 Å². The van der Waals surface area contributed by atoms with E-state index in [0.717, 1.165) is 0 Å². The first-order valence-electron chi connectivity index (χ1n) is 3.53. The van der Waals surface area contributed by atoms with Gasteiger partial charge in [-0.3, -0.25) is 9.89 Å². The zero-order valence-electron chi connectivity index (χ0n) is 7.15. The second kappa shape index (κ2) is 4.32. The fourth-order valence-electron chi connectivity index (χ4n) is 0.777. The van der Waals surface area contributed by atoms with Crippen molar-refractivity contribution in [1.82, 2.24) is 20.2 Å². The second-order valence-electron chi connectivity index (χ2n) is 2.38. The molecule has 2 aromatic heterocycles. The summed E-state index contributed by atoms with van der Waals surface area (Å²) in [6, 6.07) is 0. The number of rotatable bonds is 0. The van der Waals surface area contributed by atoms with Crippen molar-refractivity contribution in [2.24, 2.45) is 0 Å². The molecule has 2 aromatic rings. The summed E-state index contributed by atoms with van der Waals surface area (Å²) in [4.78, 5) is 38.7. The number of nitrogens with one attached hydrogen (secondary N) is 2. The number of aromatic amines is 2.